The Morgan fingerprint density at radius 2 is 1.13 bits per heavy atom. The van der Waals surface area contributed by atoms with Crippen molar-refractivity contribution < 1.29 is 34.8 Å². The standard InChI is InChI=1S/C18H20N2O.C4H6O6/c19-17(21)18(20-13-7-8-14-20,15-9-3-1-4-10-15)16-11-5-2-6-12-16;5-1(3(7)8)2(6)4(9)10/h1-6,9-12H,7-8,13-14H2,(H2,19,21);1-2,5-6H,(H,7,8)(H,9,10)/t;1-,2+. The molecule has 0 spiro atoms. The quantitative estimate of drug-likeness (QED) is 0.421. The summed E-state index contributed by atoms with van der Waals surface area (Å²) in [5.74, 6) is -3.84. The van der Waals surface area contributed by atoms with E-state index >= 15 is 0 Å². The molecule has 1 aliphatic heterocycles. The van der Waals surface area contributed by atoms with Crippen LogP contribution >= 0.6 is 0 Å². The molecule has 1 fully saturated rings. The fourth-order valence-corrected chi connectivity index (χ4v) is 3.65. The number of benzene rings is 2. The average Bonchev–Trinajstić information content (AvgIpc) is 3.30. The van der Waals surface area contributed by atoms with E-state index in [0.29, 0.717) is 0 Å². The number of nitrogens with zero attached hydrogens (tertiary/aromatic N) is 1. The summed E-state index contributed by atoms with van der Waals surface area (Å²) >= 11 is 0. The number of aliphatic carboxylic acids is 2. The Hall–Kier alpha value is -3.27. The maximum Gasteiger partial charge on any atom is 0.335 e. The molecule has 2 atom stereocenters. The van der Waals surface area contributed by atoms with Crippen molar-refractivity contribution in [2.75, 3.05) is 13.1 Å². The van der Waals surface area contributed by atoms with Gasteiger partial charge in [-0.05, 0) is 37.1 Å². The highest BCUT2D eigenvalue weighted by molar-refractivity contribution is 5.90. The van der Waals surface area contributed by atoms with E-state index in [1.807, 2.05) is 60.7 Å². The Balaban J connectivity index is 0.000000291. The van der Waals surface area contributed by atoms with E-state index in [1.54, 1.807) is 0 Å². The van der Waals surface area contributed by atoms with Gasteiger partial charge in [-0.15, -0.1) is 0 Å². The van der Waals surface area contributed by atoms with Crippen molar-refractivity contribution in [3.8, 4) is 0 Å². The van der Waals surface area contributed by atoms with E-state index in [9.17, 15) is 14.4 Å². The predicted molar refractivity (Wildman–Crippen MR) is 111 cm³/mol. The minimum absolute atomic E-state index is 0.304. The maximum absolute atomic E-state index is 12.6. The summed E-state index contributed by atoms with van der Waals surface area (Å²) in [6, 6.07) is 19.8. The SMILES string of the molecule is NC(=O)C(c1ccccc1)(c1ccccc1)N1CCCC1.O=C(O)[C@@H](O)[C@@H](O)C(=O)O. The van der Waals surface area contributed by atoms with Crippen LogP contribution in [0.3, 0.4) is 0 Å². The third-order valence-electron chi connectivity index (χ3n) is 5.13. The Labute approximate surface area is 179 Å². The number of aliphatic hydroxyl groups excluding tert-OH is 2. The van der Waals surface area contributed by atoms with E-state index in [4.69, 9.17) is 26.2 Å². The van der Waals surface area contributed by atoms with E-state index in [-0.39, 0.29) is 5.91 Å². The van der Waals surface area contributed by atoms with Crippen molar-refractivity contribution in [1.29, 1.82) is 0 Å². The van der Waals surface area contributed by atoms with Gasteiger partial charge < -0.3 is 26.2 Å². The van der Waals surface area contributed by atoms with Gasteiger partial charge in [0.05, 0.1) is 0 Å². The molecule has 9 nitrogen and oxygen atoms in total. The van der Waals surface area contributed by atoms with E-state index < -0.39 is 29.7 Å². The van der Waals surface area contributed by atoms with Gasteiger partial charge in [-0.25, -0.2) is 9.59 Å². The summed E-state index contributed by atoms with van der Waals surface area (Å²) in [6.45, 7) is 1.79. The van der Waals surface area contributed by atoms with E-state index in [0.717, 1.165) is 37.1 Å². The number of carbonyl (C=O) groups is 3. The first-order valence-electron chi connectivity index (χ1n) is 9.70. The maximum atomic E-state index is 12.6. The molecule has 0 aliphatic carbocycles. The number of carbonyl (C=O) groups excluding carboxylic acids is 1. The zero-order valence-electron chi connectivity index (χ0n) is 16.8. The molecule has 0 radical (unpaired) electrons. The number of likely N-dealkylation sites (tertiary alicyclic amines) is 1. The highest BCUT2D eigenvalue weighted by Gasteiger charge is 2.46. The summed E-state index contributed by atoms with van der Waals surface area (Å²) in [7, 11) is 0. The van der Waals surface area contributed by atoms with E-state index in [1.165, 1.54) is 0 Å². The first-order valence-corrected chi connectivity index (χ1v) is 9.70. The lowest BCUT2D eigenvalue weighted by atomic mass is 9.80. The van der Waals surface area contributed by atoms with Crippen LogP contribution in [0.25, 0.3) is 0 Å². The molecule has 31 heavy (non-hydrogen) atoms. The number of amides is 1. The summed E-state index contributed by atoms with van der Waals surface area (Å²) < 4.78 is 0. The van der Waals surface area contributed by atoms with Crippen LogP contribution in [0, 0.1) is 0 Å². The number of hydrogen-bond acceptors (Lipinski definition) is 6. The van der Waals surface area contributed by atoms with Crippen LogP contribution in [0.5, 0.6) is 0 Å². The molecular formula is C22H26N2O7. The Morgan fingerprint density at radius 3 is 1.42 bits per heavy atom. The Kier molecular flexibility index (Phi) is 8.26. The lowest BCUT2D eigenvalue weighted by Gasteiger charge is -2.40. The average molecular weight is 430 g/mol. The van der Waals surface area contributed by atoms with Crippen LogP contribution in [0.4, 0.5) is 0 Å². The minimum atomic E-state index is -2.27. The van der Waals surface area contributed by atoms with Crippen LogP contribution in [0.15, 0.2) is 60.7 Å². The highest BCUT2D eigenvalue weighted by atomic mass is 16.4. The molecule has 1 heterocycles. The first-order chi connectivity index (χ1) is 14.7. The fourth-order valence-electron chi connectivity index (χ4n) is 3.65. The first kappa shape index (κ1) is 24.0. The zero-order chi connectivity index (χ0) is 23.0. The van der Waals surface area contributed by atoms with Crippen LogP contribution in [-0.4, -0.2) is 68.5 Å². The largest absolute Gasteiger partial charge is 0.479 e. The molecule has 6 N–H and O–H groups in total. The van der Waals surface area contributed by atoms with Gasteiger partial charge in [0.25, 0.3) is 0 Å². The van der Waals surface area contributed by atoms with Crippen molar-refractivity contribution >= 4 is 17.8 Å². The Morgan fingerprint density at radius 1 is 0.774 bits per heavy atom. The van der Waals surface area contributed by atoms with Gasteiger partial charge in [0.1, 0.15) is 0 Å². The van der Waals surface area contributed by atoms with Crippen LogP contribution < -0.4 is 5.73 Å². The van der Waals surface area contributed by atoms with Crippen LogP contribution in [0.2, 0.25) is 0 Å². The molecule has 0 saturated carbocycles. The molecule has 1 aliphatic rings. The lowest BCUT2D eigenvalue weighted by Crippen LogP contribution is -2.54. The van der Waals surface area contributed by atoms with Gasteiger partial charge in [0.15, 0.2) is 17.7 Å². The number of rotatable bonds is 7. The van der Waals surface area contributed by atoms with Crippen molar-refractivity contribution in [3.63, 3.8) is 0 Å². The molecule has 9 heteroatoms. The second-order valence-electron chi connectivity index (χ2n) is 7.07. The molecule has 0 bridgehead atoms. The zero-order valence-corrected chi connectivity index (χ0v) is 16.8. The molecule has 2 aromatic rings. The molecular weight excluding hydrogens is 404 g/mol. The third kappa shape index (κ3) is 5.26. The number of aliphatic hydroxyl groups is 2. The summed E-state index contributed by atoms with van der Waals surface area (Å²) in [4.78, 5) is 34.4. The summed E-state index contributed by atoms with van der Waals surface area (Å²) in [5, 5.41) is 32.5. The van der Waals surface area contributed by atoms with Crippen molar-refractivity contribution in [2.45, 2.75) is 30.6 Å². The monoisotopic (exact) mass is 430 g/mol. The molecule has 1 saturated heterocycles. The predicted octanol–water partition coefficient (Wildman–Crippen LogP) is 0.389. The number of primary amides is 1. The molecule has 0 aromatic heterocycles. The van der Waals surface area contributed by atoms with Crippen molar-refractivity contribution in [2.24, 2.45) is 5.73 Å². The third-order valence-corrected chi connectivity index (χ3v) is 5.13. The number of carboxylic acid groups (broad SMARTS) is 2. The number of hydrogen-bond donors (Lipinski definition) is 5. The smallest absolute Gasteiger partial charge is 0.335 e. The van der Waals surface area contributed by atoms with Crippen molar-refractivity contribution in [3.05, 3.63) is 71.8 Å². The fraction of sp³-hybridized carbons (Fsp3) is 0.318. The molecule has 2 aromatic carbocycles. The Bertz CT molecular complexity index is 826. The van der Waals surface area contributed by atoms with Gasteiger partial charge in [-0.1, -0.05) is 60.7 Å². The van der Waals surface area contributed by atoms with Gasteiger partial charge in [0.2, 0.25) is 5.91 Å². The summed E-state index contributed by atoms with van der Waals surface area (Å²) in [5.41, 5.74) is 6.97. The topological polar surface area (TPSA) is 161 Å². The van der Waals surface area contributed by atoms with Gasteiger partial charge in [-0.2, -0.15) is 0 Å². The van der Waals surface area contributed by atoms with Crippen LogP contribution in [-0.2, 0) is 19.9 Å². The van der Waals surface area contributed by atoms with Gasteiger partial charge in [0, 0.05) is 0 Å². The minimum Gasteiger partial charge on any atom is -0.479 e. The molecule has 1 amide bonds. The van der Waals surface area contributed by atoms with Crippen LogP contribution in [0.1, 0.15) is 24.0 Å². The normalized spacial score (nSPS) is 15.9. The number of nitrogens with two attached hydrogens (primary N) is 1. The number of carboxylic acids is 2. The van der Waals surface area contributed by atoms with Gasteiger partial charge >= 0.3 is 11.9 Å². The summed E-state index contributed by atoms with van der Waals surface area (Å²) in [6.07, 6.45) is -2.32. The highest BCUT2D eigenvalue weighted by Crippen LogP contribution is 2.38. The van der Waals surface area contributed by atoms with Crippen molar-refractivity contribution in [1.82, 2.24) is 4.90 Å². The molecule has 166 valence electrons. The van der Waals surface area contributed by atoms with Gasteiger partial charge in [-0.3, -0.25) is 9.69 Å². The second-order valence-corrected chi connectivity index (χ2v) is 7.07. The molecule has 0 unspecified atom stereocenters. The second kappa shape index (κ2) is 10.7. The molecule has 3 rings (SSSR count). The van der Waals surface area contributed by atoms with E-state index in [2.05, 4.69) is 4.90 Å². The lowest BCUT2D eigenvalue weighted by molar-refractivity contribution is -0.165.